The summed E-state index contributed by atoms with van der Waals surface area (Å²) in [6.07, 6.45) is 4.60. The lowest BCUT2D eigenvalue weighted by Crippen LogP contribution is -2.61. The van der Waals surface area contributed by atoms with Crippen molar-refractivity contribution in [3.8, 4) is 22.3 Å². The van der Waals surface area contributed by atoms with Crippen molar-refractivity contribution in [3.05, 3.63) is 234 Å². The van der Waals surface area contributed by atoms with Crippen molar-refractivity contribution in [3.63, 3.8) is 0 Å². The van der Waals surface area contributed by atoms with Crippen LogP contribution in [-0.4, -0.2) is 12.3 Å². The molecule has 0 N–H and O–H groups in total. The summed E-state index contributed by atoms with van der Waals surface area (Å²) < 4.78 is 0. The van der Waals surface area contributed by atoms with E-state index in [0.29, 0.717) is 0 Å². The van der Waals surface area contributed by atoms with Crippen molar-refractivity contribution < 1.29 is 0 Å². The summed E-state index contributed by atoms with van der Waals surface area (Å²) in [6.45, 7) is 30.7. The highest BCUT2D eigenvalue weighted by Crippen LogP contribution is 2.64. The third-order valence-corrected chi connectivity index (χ3v) is 19.2. The summed E-state index contributed by atoms with van der Waals surface area (Å²) >= 11 is 0. The molecule has 0 aromatic heterocycles. The van der Waals surface area contributed by atoms with E-state index < -0.39 is 0 Å². The first kappa shape index (κ1) is 52.8. The minimum absolute atomic E-state index is 0.00186. The molecular formula is C77H80BN3. The Morgan fingerprint density at radius 3 is 1.52 bits per heavy atom. The highest BCUT2D eigenvalue weighted by atomic mass is 15.3. The van der Waals surface area contributed by atoms with E-state index >= 15 is 0 Å². The molecule has 3 heterocycles. The molecule has 0 radical (unpaired) electrons. The normalized spacial score (nSPS) is 18.5. The van der Waals surface area contributed by atoms with Crippen LogP contribution in [0.4, 0.5) is 45.5 Å². The second-order valence-electron chi connectivity index (χ2n) is 28.4. The summed E-state index contributed by atoms with van der Waals surface area (Å²) in [5, 5.41) is 0. The molecule has 3 aliphatic heterocycles. The topological polar surface area (TPSA) is 9.72 Å². The molecule has 0 amide bonds. The molecule has 0 bridgehead atoms. The number of rotatable bonds is 6. The maximum atomic E-state index is 2.79. The molecule has 81 heavy (non-hydrogen) atoms. The van der Waals surface area contributed by atoms with Gasteiger partial charge in [0.05, 0.1) is 11.2 Å². The Kier molecular flexibility index (Phi) is 12.2. The fourth-order valence-corrected chi connectivity index (χ4v) is 14.7. The second kappa shape index (κ2) is 18.7. The lowest BCUT2D eigenvalue weighted by molar-refractivity contribution is 0.215. The van der Waals surface area contributed by atoms with E-state index in [9.17, 15) is 0 Å². The first-order valence-electron chi connectivity index (χ1n) is 30.0. The number of fused-ring (bicyclic) bond motifs is 7. The minimum atomic E-state index is -0.227. The Balaban J connectivity index is 1.10. The van der Waals surface area contributed by atoms with E-state index in [2.05, 4.69) is 305 Å². The van der Waals surface area contributed by atoms with E-state index in [1.54, 1.807) is 0 Å². The Labute approximate surface area is 484 Å². The molecule has 9 aromatic carbocycles. The van der Waals surface area contributed by atoms with Crippen molar-refractivity contribution in [1.29, 1.82) is 0 Å². The molecule has 2 atom stereocenters. The Bertz CT molecular complexity index is 3890. The molecule has 406 valence electrons. The molecule has 3 nitrogen and oxygen atoms in total. The highest BCUT2D eigenvalue weighted by molar-refractivity contribution is 7.00. The molecule has 4 aliphatic rings. The van der Waals surface area contributed by atoms with Gasteiger partial charge in [-0.25, -0.2) is 0 Å². The Morgan fingerprint density at radius 1 is 0.370 bits per heavy atom. The average Bonchev–Trinajstić information content (AvgIpc) is 2.60. The van der Waals surface area contributed by atoms with Gasteiger partial charge in [-0.2, -0.15) is 0 Å². The van der Waals surface area contributed by atoms with Crippen molar-refractivity contribution in [2.75, 3.05) is 14.7 Å². The van der Waals surface area contributed by atoms with Crippen LogP contribution >= 0.6 is 0 Å². The molecule has 0 saturated heterocycles. The van der Waals surface area contributed by atoms with Crippen molar-refractivity contribution in [1.82, 2.24) is 0 Å². The van der Waals surface area contributed by atoms with Crippen LogP contribution in [0.1, 0.15) is 149 Å². The van der Waals surface area contributed by atoms with E-state index in [-0.39, 0.29) is 39.3 Å². The number of anilines is 8. The van der Waals surface area contributed by atoms with Gasteiger partial charge in [0, 0.05) is 50.8 Å². The zero-order chi connectivity index (χ0) is 56.6. The lowest BCUT2D eigenvalue weighted by atomic mass is 9.33. The number of hydrogen-bond acceptors (Lipinski definition) is 3. The van der Waals surface area contributed by atoms with Crippen LogP contribution in [-0.2, 0) is 27.1 Å². The van der Waals surface area contributed by atoms with E-state index in [1.165, 1.54) is 130 Å². The molecule has 1 saturated carbocycles. The van der Waals surface area contributed by atoms with Gasteiger partial charge in [0.25, 0.3) is 6.71 Å². The van der Waals surface area contributed by atoms with Gasteiger partial charge in [0.2, 0.25) is 0 Å². The molecular weight excluding hydrogens is 978 g/mol. The summed E-state index contributed by atoms with van der Waals surface area (Å²) in [5.74, 6) is 0. The average molecular weight is 1060 g/mol. The van der Waals surface area contributed by atoms with Crippen LogP contribution in [0, 0.1) is 0 Å². The van der Waals surface area contributed by atoms with Crippen LogP contribution in [0.5, 0.6) is 0 Å². The zero-order valence-corrected chi connectivity index (χ0v) is 50.3. The quantitative estimate of drug-likeness (QED) is 0.154. The predicted octanol–water partition coefficient (Wildman–Crippen LogP) is 19.1. The monoisotopic (exact) mass is 1060 g/mol. The van der Waals surface area contributed by atoms with Gasteiger partial charge in [0.15, 0.2) is 0 Å². The minimum Gasteiger partial charge on any atom is -0.334 e. The molecule has 9 aromatic rings. The van der Waals surface area contributed by atoms with Gasteiger partial charge >= 0.3 is 0 Å². The van der Waals surface area contributed by atoms with Crippen molar-refractivity contribution >= 4 is 68.6 Å². The molecule has 0 spiro atoms. The summed E-state index contributed by atoms with van der Waals surface area (Å²) in [4.78, 5) is 8.10. The second-order valence-corrected chi connectivity index (χ2v) is 28.4. The number of para-hydroxylation sites is 1. The van der Waals surface area contributed by atoms with Gasteiger partial charge < -0.3 is 14.7 Å². The fourth-order valence-electron chi connectivity index (χ4n) is 14.7. The van der Waals surface area contributed by atoms with E-state index in [1.807, 2.05) is 0 Å². The summed E-state index contributed by atoms with van der Waals surface area (Å²) in [7, 11) is 0. The molecule has 1 fully saturated rings. The number of nitrogens with zero attached hydrogens (tertiary/aromatic N) is 3. The summed E-state index contributed by atoms with van der Waals surface area (Å²) in [6, 6.07) is 78.2. The number of hydrogen-bond donors (Lipinski definition) is 0. The van der Waals surface area contributed by atoms with Gasteiger partial charge in [-0.1, -0.05) is 235 Å². The van der Waals surface area contributed by atoms with Crippen LogP contribution in [0.15, 0.2) is 200 Å². The number of benzene rings is 9. The maximum Gasteiger partial charge on any atom is 0.252 e. The molecule has 2 unspecified atom stereocenters. The summed E-state index contributed by atoms with van der Waals surface area (Å²) in [5.41, 5.74) is 26.3. The Morgan fingerprint density at radius 2 is 0.889 bits per heavy atom. The van der Waals surface area contributed by atoms with E-state index in [4.69, 9.17) is 0 Å². The van der Waals surface area contributed by atoms with Crippen LogP contribution < -0.4 is 31.1 Å². The van der Waals surface area contributed by atoms with Crippen LogP contribution in [0.25, 0.3) is 22.3 Å². The standard InChI is InChI=1S/C77H80BN3/c1-72(2,3)54-31-33-56(34-32-54)77-45-23-22-44-76(77,13)81(66-29-21-20-28-62(66)77)60-40-42-64-68(50-60)79(59-38-35-55(36-39-59)73(4,5)6)69-48-58(75(10,11)12)49-70-71(69)78(64)63-41-30-53(51-24-16-14-17-25-51)46-67(63)80(70)65-43-37-57(74(7,8)9)47-61(65)52-26-18-15-19-27-52/h14-21,24-43,46-50H,22-23,44-45H2,1-13H3. The molecule has 1 aliphatic carbocycles. The third-order valence-electron chi connectivity index (χ3n) is 19.2. The van der Waals surface area contributed by atoms with E-state index in [0.717, 1.165) is 12.8 Å². The van der Waals surface area contributed by atoms with Crippen LogP contribution in [0.3, 0.4) is 0 Å². The first-order chi connectivity index (χ1) is 38.6. The van der Waals surface area contributed by atoms with Gasteiger partial charge in [-0.3, -0.25) is 0 Å². The van der Waals surface area contributed by atoms with Gasteiger partial charge in [-0.05, 0) is 169 Å². The van der Waals surface area contributed by atoms with Crippen molar-refractivity contribution in [2.45, 2.75) is 148 Å². The van der Waals surface area contributed by atoms with Crippen LogP contribution in [0.2, 0.25) is 0 Å². The molecule has 4 heteroatoms. The SMILES string of the molecule is CC(C)(C)c1ccc(N2c3cc(N4c5ccccc5C5(c6ccc(C(C)(C)C)cc6)CCCCC45C)ccc3B3c4ccc(-c5ccccc5)cc4N(c4ccc(C(C)(C)C)cc4-c4ccccc4)c4cc(C(C)(C)C)cc2c43)cc1. The highest BCUT2D eigenvalue weighted by Gasteiger charge is 2.61. The smallest absolute Gasteiger partial charge is 0.252 e. The lowest BCUT2D eigenvalue weighted by Gasteiger charge is -2.52. The largest absolute Gasteiger partial charge is 0.334 e. The fraction of sp³-hybridized carbons (Fsp3) is 0.299. The van der Waals surface area contributed by atoms with Crippen molar-refractivity contribution in [2.24, 2.45) is 0 Å². The predicted molar refractivity (Wildman–Crippen MR) is 349 cm³/mol. The zero-order valence-electron chi connectivity index (χ0n) is 50.3. The van der Waals surface area contributed by atoms with Gasteiger partial charge in [0.1, 0.15) is 0 Å². The molecule has 13 rings (SSSR count). The first-order valence-corrected chi connectivity index (χ1v) is 30.0. The Hall–Kier alpha value is -7.56. The third kappa shape index (κ3) is 8.44. The van der Waals surface area contributed by atoms with Gasteiger partial charge in [-0.15, -0.1) is 0 Å². The maximum absolute atomic E-state index is 2.79.